The summed E-state index contributed by atoms with van der Waals surface area (Å²) in [7, 11) is 0. The van der Waals surface area contributed by atoms with Gasteiger partial charge < -0.3 is 10.2 Å². The highest BCUT2D eigenvalue weighted by Crippen LogP contribution is 2.23. The Labute approximate surface area is 119 Å². The molecule has 0 atom stereocenters. The van der Waals surface area contributed by atoms with Gasteiger partial charge in [-0.15, -0.1) is 0 Å². The second-order valence-electron chi connectivity index (χ2n) is 4.78. The number of nitrogens with one attached hydrogen (secondary N) is 1. The van der Waals surface area contributed by atoms with Crippen LogP contribution in [0.1, 0.15) is 24.8 Å². The number of nitrogens with zero attached hydrogens (tertiary/aromatic N) is 1. The van der Waals surface area contributed by atoms with E-state index in [0.29, 0.717) is 0 Å². The SMILES string of the molecule is Clc1cccc(Cl)c1CNCCN1CCCCC1. The molecule has 0 amide bonds. The van der Waals surface area contributed by atoms with Crippen molar-refractivity contribution in [2.75, 3.05) is 26.2 Å². The van der Waals surface area contributed by atoms with Crippen LogP contribution in [0.3, 0.4) is 0 Å². The van der Waals surface area contributed by atoms with Crippen molar-refractivity contribution in [2.24, 2.45) is 0 Å². The Morgan fingerprint density at radius 1 is 1.06 bits per heavy atom. The fourth-order valence-electron chi connectivity index (χ4n) is 2.33. The minimum absolute atomic E-state index is 0.742. The lowest BCUT2D eigenvalue weighted by Crippen LogP contribution is -2.35. The largest absolute Gasteiger partial charge is 0.311 e. The zero-order chi connectivity index (χ0) is 12.8. The molecule has 1 aromatic rings. The smallest absolute Gasteiger partial charge is 0.0465 e. The fourth-order valence-corrected chi connectivity index (χ4v) is 2.87. The Bertz CT molecular complexity index is 356. The maximum absolute atomic E-state index is 6.12. The summed E-state index contributed by atoms with van der Waals surface area (Å²) in [5.74, 6) is 0. The first-order chi connectivity index (χ1) is 8.77. The highest BCUT2D eigenvalue weighted by Gasteiger charge is 2.09. The predicted molar refractivity (Wildman–Crippen MR) is 78.5 cm³/mol. The molecule has 0 aromatic heterocycles. The minimum atomic E-state index is 0.742. The monoisotopic (exact) mass is 286 g/mol. The van der Waals surface area contributed by atoms with Crippen molar-refractivity contribution in [2.45, 2.75) is 25.8 Å². The van der Waals surface area contributed by atoms with E-state index in [1.807, 2.05) is 18.2 Å². The Morgan fingerprint density at radius 3 is 2.39 bits per heavy atom. The lowest BCUT2D eigenvalue weighted by atomic mass is 10.1. The van der Waals surface area contributed by atoms with Gasteiger partial charge in [-0.25, -0.2) is 0 Å². The number of likely N-dealkylation sites (tertiary alicyclic amines) is 1. The molecule has 0 unspecified atom stereocenters. The van der Waals surface area contributed by atoms with Crippen LogP contribution in [-0.4, -0.2) is 31.1 Å². The average molecular weight is 287 g/mol. The third-order valence-electron chi connectivity index (χ3n) is 3.42. The van der Waals surface area contributed by atoms with Gasteiger partial charge in [0.15, 0.2) is 0 Å². The standard InChI is InChI=1S/C14H20Cl2N2/c15-13-5-4-6-14(16)12(13)11-17-7-10-18-8-2-1-3-9-18/h4-6,17H,1-3,7-11H2. The molecule has 2 rings (SSSR count). The number of piperidine rings is 1. The van der Waals surface area contributed by atoms with Crippen LogP contribution in [0.25, 0.3) is 0 Å². The van der Waals surface area contributed by atoms with Crippen LogP contribution in [0.4, 0.5) is 0 Å². The first-order valence-corrected chi connectivity index (χ1v) is 7.39. The van der Waals surface area contributed by atoms with Crippen LogP contribution in [0.2, 0.25) is 10.0 Å². The van der Waals surface area contributed by atoms with Gasteiger partial charge in [-0.1, -0.05) is 35.7 Å². The summed E-state index contributed by atoms with van der Waals surface area (Å²) in [6.45, 7) is 5.33. The van der Waals surface area contributed by atoms with Gasteiger partial charge in [0, 0.05) is 35.2 Å². The van der Waals surface area contributed by atoms with Crippen molar-refractivity contribution >= 4 is 23.2 Å². The molecule has 100 valence electrons. The number of benzene rings is 1. The topological polar surface area (TPSA) is 15.3 Å². The van der Waals surface area contributed by atoms with Crippen molar-refractivity contribution in [1.29, 1.82) is 0 Å². The van der Waals surface area contributed by atoms with Gasteiger partial charge in [0.1, 0.15) is 0 Å². The van der Waals surface area contributed by atoms with Crippen LogP contribution in [0.5, 0.6) is 0 Å². The Morgan fingerprint density at radius 2 is 1.72 bits per heavy atom. The molecule has 1 saturated heterocycles. The number of hydrogen-bond donors (Lipinski definition) is 1. The quantitative estimate of drug-likeness (QED) is 0.833. The van der Waals surface area contributed by atoms with Gasteiger partial charge in [-0.3, -0.25) is 0 Å². The van der Waals surface area contributed by atoms with Crippen LogP contribution in [-0.2, 0) is 6.54 Å². The third-order valence-corrected chi connectivity index (χ3v) is 4.13. The summed E-state index contributed by atoms with van der Waals surface area (Å²) in [6.07, 6.45) is 4.08. The summed E-state index contributed by atoms with van der Waals surface area (Å²) < 4.78 is 0. The van der Waals surface area contributed by atoms with Gasteiger partial charge in [-0.2, -0.15) is 0 Å². The van der Waals surface area contributed by atoms with E-state index in [1.165, 1.54) is 32.4 Å². The fraction of sp³-hybridized carbons (Fsp3) is 0.571. The number of hydrogen-bond acceptors (Lipinski definition) is 2. The average Bonchev–Trinajstić information content (AvgIpc) is 2.38. The Hall–Kier alpha value is -0.280. The molecular formula is C14H20Cl2N2. The van der Waals surface area contributed by atoms with Gasteiger partial charge >= 0.3 is 0 Å². The predicted octanol–water partition coefficient (Wildman–Crippen LogP) is 3.57. The number of halogens is 2. The van der Waals surface area contributed by atoms with Crippen LogP contribution in [0.15, 0.2) is 18.2 Å². The zero-order valence-corrected chi connectivity index (χ0v) is 12.1. The van der Waals surface area contributed by atoms with Crippen molar-refractivity contribution in [3.05, 3.63) is 33.8 Å². The van der Waals surface area contributed by atoms with E-state index >= 15 is 0 Å². The summed E-state index contributed by atoms with van der Waals surface area (Å²) in [5, 5.41) is 4.91. The van der Waals surface area contributed by atoms with E-state index < -0.39 is 0 Å². The van der Waals surface area contributed by atoms with E-state index in [9.17, 15) is 0 Å². The van der Waals surface area contributed by atoms with E-state index in [2.05, 4.69) is 10.2 Å². The first kappa shape index (κ1) is 14.1. The molecule has 2 nitrogen and oxygen atoms in total. The molecule has 18 heavy (non-hydrogen) atoms. The van der Waals surface area contributed by atoms with Crippen LogP contribution in [0, 0.1) is 0 Å². The van der Waals surface area contributed by atoms with Gasteiger partial charge in [0.2, 0.25) is 0 Å². The summed E-state index contributed by atoms with van der Waals surface area (Å²) in [5.41, 5.74) is 1.000. The second kappa shape index (κ2) is 7.34. The molecule has 0 radical (unpaired) electrons. The molecule has 1 fully saturated rings. The van der Waals surface area contributed by atoms with E-state index in [0.717, 1.165) is 35.2 Å². The molecule has 1 aliphatic rings. The lowest BCUT2D eigenvalue weighted by Gasteiger charge is -2.26. The zero-order valence-electron chi connectivity index (χ0n) is 10.6. The molecule has 0 aliphatic carbocycles. The first-order valence-electron chi connectivity index (χ1n) is 6.63. The maximum atomic E-state index is 6.12. The molecule has 1 heterocycles. The Balaban J connectivity index is 1.71. The van der Waals surface area contributed by atoms with Crippen LogP contribution < -0.4 is 5.32 Å². The second-order valence-corrected chi connectivity index (χ2v) is 5.59. The highest BCUT2D eigenvalue weighted by atomic mass is 35.5. The normalized spacial score (nSPS) is 17.0. The maximum Gasteiger partial charge on any atom is 0.0465 e. The Kier molecular flexibility index (Phi) is 5.77. The minimum Gasteiger partial charge on any atom is -0.311 e. The molecule has 0 saturated carbocycles. The summed E-state index contributed by atoms with van der Waals surface area (Å²) in [4.78, 5) is 2.52. The summed E-state index contributed by atoms with van der Waals surface area (Å²) in [6, 6.07) is 5.64. The third kappa shape index (κ3) is 4.13. The molecule has 0 spiro atoms. The van der Waals surface area contributed by atoms with Crippen molar-refractivity contribution < 1.29 is 0 Å². The van der Waals surface area contributed by atoms with Crippen LogP contribution >= 0.6 is 23.2 Å². The number of rotatable bonds is 5. The summed E-state index contributed by atoms with van der Waals surface area (Å²) >= 11 is 12.2. The van der Waals surface area contributed by atoms with Gasteiger partial charge in [-0.05, 0) is 38.1 Å². The van der Waals surface area contributed by atoms with E-state index in [-0.39, 0.29) is 0 Å². The molecular weight excluding hydrogens is 267 g/mol. The molecule has 4 heteroatoms. The molecule has 0 bridgehead atoms. The van der Waals surface area contributed by atoms with E-state index in [4.69, 9.17) is 23.2 Å². The van der Waals surface area contributed by atoms with Gasteiger partial charge in [0.25, 0.3) is 0 Å². The molecule has 1 aliphatic heterocycles. The highest BCUT2D eigenvalue weighted by molar-refractivity contribution is 6.35. The molecule has 1 aromatic carbocycles. The lowest BCUT2D eigenvalue weighted by molar-refractivity contribution is 0.229. The molecule has 1 N–H and O–H groups in total. The van der Waals surface area contributed by atoms with Crippen molar-refractivity contribution in [1.82, 2.24) is 10.2 Å². The van der Waals surface area contributed by atoms with Crippen molar-refractivity contribution in [3.63, 3.8) is 0 Å². The van der Waals surface area contributed by atoms with Gasteiger partial charge in [0.05, 0.1) is 0 Å². The van der Waals surface area contributed by atoms with Crippen molar-refractivity contribution in [3.8, 4) is 0 Å². The van der Waals surface area contributed by atoms with E-state index in [1.54, 1.807) is 0 Å².